The average molecular weight is 420 g/mol. The second-order valence-corrected chi connectivity index (χ2v) is 7.80. The summed E-state index contributed by atoms with van der Waals surface area (Å²) in [5.74, 6) is -0.613. The van der Waals surface area contributed by atoms with Crippen molar-refractivity contribution < 1.29 is 14.0 Å². The minimum absolute atomic E-state index is 0.153. The van der Waals surface area contributed by atoms with Crippen molar-refractivity contribution in [3.05, 3.63) is 94.6 Å². The lowest BCUT2D eigenvalue weighted by Crippen LogP contribution is -2.29. The van der Waals surface area contributed by atoms with E-state index >= 15 is 0 Å². The Morgan fingerprint density at radius 1 is 0.903 bits per heavy atom. The Morgan fingerprint density at radius 3 is 2.45 bits per heavy atom. The molecule has 3 aromatic rings. The quantitative estimate of drug-likeness (QED) is 0.611. The number of fused-ring (bicyclic) bond motifs is 1. The molecule has 2 heterocycles. The van der Waals surface area contributed by atoms with Gasteiger partial charge in [0.25, 0.3) is 11.8 Å². The van der Waals surface area contributed by atoms with E-state index in [2.05, 4.69) is 10.6 Å². The van der Waals surface area contributed by atoms with E-state index in [1.54, 1.807) is 18.2 Å². The molecule has 0 atom stereocenters. The molecular formula is C25H26FN3O2. The minimum atomic E-state index is -0.273. The van der Waals surface area contributed by atoms with E-state index in [1.807, 2.05) is 34.9 Å². The van der Waals surface area contributed by atoms with Crippen LogP contribution in [0.1, 0.15) is 50.5 Å². The molecular weight excluding hydrogens is 393 g/mol. The van der Waals surface area contributed by atoms with Crippen LogP contribution in [0.5, 0.6) is 0 Å². The van der Waals surface area contributed by atoms with Crippen LogP contribution in [0.4, 0.5) is 4.39 Å². The molecule has 2 aromatic carbocycles. The zero-order valence-electron chi connectivity index (χ0n) is 17.4. The standard InChI is InChI=1S/C25H26FN3O2/c26-20-11-9-18(10-12-20)13-14-27-25(31)23-16-21(22-8-4-5-15-29(22)23)24(30)28-17-19-6-2-1-3-7-19/h1-3,6-7,9-12,16H,4-5,8,13-15,17H2,(H,27,31)(H,28,30). The van der Waals surface area contributed by atoms with Crippen LogP contribution in [0.3, 0.4) is 0 Å². The summed E-state index contributed by atoms with van der Waals surface area (Å²) >= 11 is 0. The first-order valence-electron chi connectivity index (χ1n) is 10.7. The lowest BCUT2D eigenvalue weighted by molar-refractivity contribution is 0.0939. The maximum Gasteiger partial charge on any atom is 0.267 e. The van der Waals surface area contributed by atoms with Crippen molar-refractivity contribution in [2.45, 2.75) is 38.8 Å². The number of hydrogen-bond acceptors (Lipinski definition) is 2. The molecule has 0 aliphatic carbocycles. The largest absolute Gasteiger partial charge is 0.350 e. The lowest BCUT2D eigenvalue weighted by atomic mass is 10.1. The van der Waals surface area contributed by atoms with E-state index in [9.17, 15) is 14.0 Å². The Kier molecular flexibility index (Phi) is 6.46. The van der Waals surface area contributed by atoms with Crippen molar-refractivity contribution in [1.29, 1.82) is 0 Å². The second kappa shape index (κ2) is 9.60. The molecule has 0 unspecified atom stereocenters. The molecule has 2 N–H and O–H groups in total. The summed E-state index contributed by atoms with van der Waals surface area (Å²) in [7, 11) is 0. The Hall–Kier alpha value is -3.41. The number of aromatic nitrogens is 1. The second-order valence-electron chi connectivity index (χ2n) is 7.80. The molecule has 0 spiro atoms. The van der Waals surface area contributed by atoms with Gasteiger partial charge in [-0.05, 0) is 55.0 Å². The number of amides is 2. The third-order valence-corrected chi connectivity index (χ3v) is 5.64. The molecule has 1 aliphatic heterocycles. The van der Waals surface area contributed by atoms with Gasteiger partial charge in [-0.25, -0.2) is 4.39 Å². The number of benzene rings is 2. The summed E-state index contributed by atoms with van der Waals surface area (Å²) in [5.41, 5.74) is 4.03. The molecule has 1 aromatic heterocycles. The zero-order valence-corrected chi connectivity index (χ0v) is 17.4. The van der Waals surface area contributed by atoms with Crippen molar-refractivity contribution in [2.24, 2.45) is 0 Å². The van der Waals surface area contributed by atoms with Crippen molar-refractivity contribution in [3.63, 3.8) is 0 Å². The average Bonchev–Trinajstić information content (AvgIpc) is 3.19. The highest BCUT2D eigenvalue weighted by Gasteiger charge is 2.25. The molecule has 160 valence electrons. The number of carbonyl (C=O) groups is 2. The third kappa shape index (κ3) is 5.02. The Morgan fingerprint density at radius 2 is 1.68 bits per heavy atom. The number of carbonyl (C=O) groups excluding carboxylic acids is 2. The van der Waals surface area contributed by atoms with Gasteiger partial charge in [-0.2, -0.15) is 0 Å². The van der Waals surface area contributed by atoms with E-state index in [0.717, 1.165) is 42.6 Å². The van der Waals surface area contributed by atoms with Gasteiger partial charge < -0.3 is 15.2 Å². The number of halogens is 1. The number of rotatable bonds is 7. The maximum atomic E-state index is 13.0. The molecule has 6 heteroatoms. The Bertz CT molecular complexity index is 1060. The van der Waals surface area contributed by atoms with E-state index < -0.39 is 0 Å². The van der Waals surface area contributed by atoms with Gasteiger partial charge in [0.2, 0.25) is 0 Å². The molecule has 4 rings (SSSR count). The summed E-state index contributed by atoms with van der Waals surface area (Å²) in [6, 6.07) is 17.7. The van der Waals surface area contributed by atoms with Gasteiger partial charge in [-0.1, -0.05) is 42.5 Å². The molecule has 2 amide bonds. The third-order valence-electron chi connectivity index (χ3n) is 5.64. The Balaban J connectivity index is 1.43. The molecule has 1 aliphatic rings. The molecule has 31 heavy (non-hydrogen) atoms. The van der Waals surface area contributed by atoms with E-state index in [4.69, 9.17) is 0 Å². The maximum absolute atomic E-state index is 13.0. The minimum Gasteiger partial charge on any atom is -0.350 e. The van der Waals surface area contributed by atoms with Crippen LogP contribution in [0.25, 0.3) is 0 Å². The summed E-state index contributed by atoms with van der Waals surface area (Å²) in [6.07, 6.45) is 3.40. The topological polar surface area (TPSA) is 63.1 Å². The molecule has 0 saturated carbocycles. The first-order valence-corrected chi connectivity index (χ1v) is 10.7. The van der Waals surface area contributed by atoms with E-state index in [1.165, 1.54) is 12.1 Å². The van der Waals surface area contributed by atoms with Crippen LogP contribution >= 0.6 is 0 Å². The summed E-state index contributed by atoms with van der Waals surface area (Å²) in [4.78, 5) is 25.7. The molecule has 0 saturated heterocycles. The first-order chi connectivity index (χ1) is 15.1. The number of hydrogen-bond donors (Lipinski definition) is 2. The van der Waals surface area contributed by atoms with Crippen molar-refractivity contribution >= 4 is 11.8 Å². The first kappa shape index (κ1) is 20.8. The monoisotopic (exact) mass is 419 g/mol. The summed E-state index contributed by atoms with van der Waals surface area (Å²) in [5, 5.41) is 5.91. The smallest absolute Gasteiger partial charge is 0.267 e. The van der Waals surface area contributed by atoms with Gasteiger partial charge in [0.15, 0.2) is 0 Å². The van der Waals surface area contributed by atoms with Gasteiger partial charge in [-0.15, -0.1) is 0 Å². The highest BCUT2D eigenvalue weighted by molar-refractivity contribution is 6.00. The van der Waals surface area contributed by atoms with Crippen LogP contribution in [0.2, 0.25) is 0 Å². The van der Waals surface area contributed by atoms with Gasteiger partial charge >= 0.3 is 0 Å². The van der Waals surface area contributed by atoms with Crippen LogP contribution in [0, 0.1) is 5.82 Å². The predicted molar refractivity (Wildman–Crippen MR) is 117 cm³/mol. The zero-order chi connectivity index (χ0) is 21.6. The summed E-state index contributed by atoms with van der Waals surface area (Å²) in [6.45, 7) is 1.63. The lowest BCUT2D eigenvalue weighted by Gasteiger charge is -2.18. The molecule has 0 fully saturated rings. The highest BCUT2D eigenvalue weighted by Crippen LogP contribution is 2.24. The SMILES string of the molecule is O=C(NCc1ccccc1)c1cc(C(=O)NCCc2ccc(F)cc2)n2c1CCCC2. The predicted octanol–water partition coefficient (Wildman–Crippen LogP) is 3.87. The number of nitrogens with zero attached hydrogens (tertiary/aromatic N) is 1. The van der Waals surface area contributed by atoms with Crippen molar-refractivity contribution in [2.75, 3.05) is 6.54 Å². The fourth-order valence-electron chi connectivity index (χ4n) is 4.00. The van der Waals surface area contributed by atoms with Crippen molar-refractivity contribution in [3.8, 4) is 0 Å². The van der Waals surface area contributed by atoms with Crippen LogP contribution in [-0.2, 0) is 25.9 Å². The van der Waals surface area contributed by atoms with Gasteiger partial charge in [0.05, 0.1) is 5.56 Å². The molecule has 5 nitrogen and oxygen atoms in total. The fourth-order valence-corrected chi connectivity index (χ4v) is 4.00. The van der Waals surface area contributed by atoms with Gasteiger partial charge in [-0.3, -0.25) is 9.59 Å². The highest BCUT2D eigenvalue weighted by atomic mass is 19.1. The molecule has 0 bridgehead atoms. The normalized spacial score (nSPS) is 12.8. The summed E-state index contributed by atoms with van der Waals surface area (Å²) < 4.78 is 15.0. The van der Waals surface area contributed by atoms with Crippen molar-refractivity contribution in [1.82, 2.24) is 15.2 Å². The van der Waals surface area contributed by atoms with Gasteiger partial charge in [0.1, 0.15) is 11.5 Å². The van der Waals surface area contributed by atoms with Gasteiger partial charge in [0, 0.05) is 25.3 Å². The van der Waals surface area contributed by atoms with Crippen LogP contribution < -0.4 is 10.6 Å². The van der Waals surface area contributed by atoms with E-state index in [0.29, 0.717) is 30.8 Å². The van der Waals surface area contributed by atoms with E-state index in [-0.39, 0.29) is 17.6 Å². The number of nitrogens with one attached hydrogen (secondary N) is 2. The Labute approximate surface area is 181 Å². The molecule has 0 radical (unpaired) electrons. The van der Waals surface area contributed by atoms with Crippen LogP contribution in [-0.4, -0.2) is 22.9 Å². The van der Waals surface area contributed by atoms with Crippen LogP contribution in [0.15, 0.2) is 60.7 Å². The fraction of sp³-hybridized carbons (Fsp3) is 0.280.